The minimum Gasteiger partial charge on any atom is -0.497 e. The van der Waals surface area contributed by atoms with Gasteiger partial charge in [0.15, 0.2) is 0 Å². The fourth-order valence-electron chi connectivity index (χ4n) is 5.37. The van der Waals surface area contributed by atoms with E-state index in [0.29, 0.717) is 56.9 Å². The summed E-state index contributed by atoms with van der Waals surface area (Å²) >= 11 is 0. The number of hydrogen-bond acceptors (Lipinski definition) is 7. The number of piperazine rings is 1. The fourth-order valence-corrected chi connectivity index (χ4v) is 5.37. The van der Waals surface area contributed by atoms with Crippen LogP contribution in [0.4, 0.5) is 16.2 Å². The van der Waals surface area contributed by atoms with E-state index in [0.717, 1.165) is 42.1 Å². The lowest BCUT2D eigenvalue weighted by Gasteiger charge is -2.37. The van der Waals surface area contributed by atoms with Gasteiger partial charge in [0.25, 0.3) is 5.91 Å². The Morgan fingerprint density at radius 1 is 0.814 bits per heavy atom. The molecule has 2 N–H and O–H groups in total. The van der Waals surface area contributed by atoms with Crippen molar-refractivity contribution in [3.63, 3.8) is 0 Å². The SMILES string of the molecule is COc1ccc(CC(=O)N2CCN(c3ccc(C(=O)N4CCCNCC4)cc3NC(=O)OCc3ccccc3)CC2)cc1. The molecule has 3 aromatic rings. The van der Waals surface area contributed by atoms with E-state index in [9.17, 15) is 14.4 Å². The van der Waals surface area contributed by atoms with Gasteiger partial charge >= 0.3 is 6.09 Å². The van der Waals surface area contributed by atoms with Gasteiger partial charge in [0, 0.05) is 51.4 Å². The smallest absolute Gasteiger partial charge is 0.412 e. The van der Waals surface area contributed by atoms with E-state index in [1.165, 1.54) is 0 Å². The molecule has 5 rings (SSSR count). The number of methoxy groups -OCH3 is 1. The largest absolute Gasteiger partial charge is 0.497 e. The van der Waals surface area contributed by atoms with Crippen molar-refractivity contribution in [1.82, 2.24) is 15.1 Å². The maximum Gasteiger partial charge on any atom is 0.412 e. The van der Waals surface area contributed by atoms with E-state index in [4.69, 9.17) is 9.47 Å². The van der Waals surface area contributed by atoms with E-state index in [1.807, 2.05) is 76.5 Å². The van der Waals surface area contributed by atoms with Crippen LogP contribution in [0, 0.1) is 0 Å². The zero-order chi connectivity index (χ0) is 30.0. The summed E-state index contributed by atoms with van der Waals surface area (Å²) < 4.78 is 10.7. The summed E-state index contributed by atoms with van der Waals surface area (Å²) in [6, 6.07) is 22.4. The van der Waals surface area contributed by atoms with E-state index in [1.54, 1.807) is 13.2 Å². The molecule has 43 heavy (non-hydrogen) atoms. The van der Waals surface area contributed by atoms with Gasteiger partial charge in [-0.15, -0.1) is 0 Å². The molecule has 3 aromatic carbocycles. The molecule has 0 saturated carbocycles. The summed E-state index contributed by atoms with van der Waals surface area (Å²) in [5.74, 6) is 0.764. The van der Waals surface area contributed by atoms with Crippen molar-refractivity contribution in [3.05, 3.63) is 89.5 Å². The number of benzene rings is 3. The minimum atomic E-state index is -0.595. The summed E-state index contributed by atoms with van der Waals surface area (Å²) in [5, 5.41) is 6.21. The molecule has 2 aliphatic heterocycles. The Bertz CT molecular complexity index is 1380. The van der Waals surface area contributed by atoms with Crippen molar-refractivity contribution in [2.24, 2.45) is 0 Å². The molecule has 0 radical (unpaired) electrons. The second kappa shape index (κ2) is 14.6. The Hall–Kier alpha value is -4.57. The molecule has 2 aliphatic rings. The number of anilines is 2. The quantitative estimate of drug-likeness (QED) is 0.415. The zero-order valence-electron chi connectivity index (χ0n) is 24.6. The van der Waals surface area contributed by atoms with Crippen LogP contribution < -0.4 is 20.3 Å². The van der Waals surface area contributed by atoms with Gasteiger partial charge in [-0.2, -0.15) is 0 Å². The highest BCUT2D eigenvalue weighted by molar-refractivity contribution is 5.98. The Morgan fingerprint density at radius 3 is 2.33 bits per heavy atom. The van der Waals surface area contributed by atoms with Gasteiger partial charge in [-0.25, -0.2) is 4.79 Å². The van der Waals surface area contributed by atoms with Crippen molar-refractivity contribution in [2.45, 2.75) is 19.4 Å². The van der Waals surface area contributed by atoms with Crippen molar-refractivity contribution in [2.75, 3.05) is 69.7 Å². The van der Waals surface area contributed by atoms with Crippen molar-refractivity contribution in [1.29, 1.82) is 0 Å². The van der Waals surface area contributed by atoms with Crippen LogP contribution in [0.3, 0.4) is 0 Å². The monoisotopic (exact) mass is 585 g/mol. The average Bonchev–Trinajstić information content (AvgIpc) is 3.34. The molecule has 2 heterocycles. The lowest BCUT2D eigenvalue weighted by Crippen LogP contribution is -2.49. The molecule has 0 bridgehead atoms. The van der Waals surface area contributed by atoms with E-state index in [2.05, 4.69) is 15.5 Å². The van der Waals surface area contributed by atoms with E-state index < -0.39 is 6.09 Å². The normalized spacial score (nSPS) is 15.4. The molecule has 10 heteroatoms. The predicted octanol–water partition coefficient (Wildman–Crippen LogP) is 3.77. The Morgan fingerprint density at radius 2 is 1.58 bits per heavy atom. The summed E-state index contributed by atoms with van der Waals surface area (Å²) in [7, 11) is 1.62. The highest BCUT2D eigenvalue weighted by atomic mass is 16.5. The molecule has 2 saturated heterocycles. The van der Waals surface area contributed by atoms with Crippen LogP contribution in [0.25, 0.3) is 0 Å². The summed E-state index contributed by atoms with van der Waals surface area (Å²) in [5.41, 5.74) is 3.63. The van der Waals surface area contributed by atoms with Crippen molar-refractivity contribution in [3.8, 4) is 5.75 Å². The number of nitrogens with one attached hydrogen (secondary N) is 2. The fraction of sp³-hybridized carbons (Fsp3) is 0.364. The van der Waals surface area contributed by atoms with Crippen molar-refractivity contribution < 1.29 is 23.9 Å². The van der Waals surface area contributed by atoms with Crippen LogP contribution in [0.15, 0.2) is 72.8 Å². The molecule has 10 nitrogen and oxygen atoms in total. The second-order valence-electron chi connectivity index (χ2n) is 10.7. The highest BCUT2D eigenvalue weighted by Crippen LogP contribution is 2.29. The van der Waals surface area contributed by atoms with Crippen LogP contribution in [-0.2, 0) is 22.6 Å². The van der Waals surface area contributed by atoms with Gasteiger partial charge in [-0.1, -0.05) is 42.5 Å². The number of carbonyl (C=O) groups is 3. The van der Waals surface area contributed by atoms with Crippen LogP contribution in [0.1, 0.15) is 27.9 Å². The van der Waals surface area contributed by atoms with Gasteiger partial charge in [-0.05, 0) is 54.4 Å². The lowest BCUT2D eigenvalue weighted by molar-refractivity contribution is -0.130. The third-order valence-electron chi connectivity index (χ3n) is 7.81. The maximum absolute atomic E-state index is 13.4. The Kier molecular flexibility index (Phi) is 10.1. The first-order chi connectivity index (χ1) is 21.0. The molecule has 0 unspecified atom stereocenters. The molecular weight excluding hydrogens is 546 g/mol. The maximum atomic E-state index is 13.4. The van der Waals surface area contributed by atoms with Crippen molar-refractivity contribution >= 4 is 29.3 Å². The third-order valence-corrected chi connectivity index (χ3v) is 7.81. The number of ether oxygens (including phenoxy) is 2. The summed E-state index contributed by atoms with van der Waals surface area (Å²) in [6.45, 7) is 5.37. The topological polar surface area (TPSA) is 103 Å². The number of hydrogen-bond donors (Lipinski definition) is 2. The van der Waals surface area contributed by atoms with Crippen LogP contribution in [0.2, 0.25) is 0 Å². The minimum absolute atomic E-state index is 0.0649. The molecule has 0 atom stereocenters. The number of rotatable bonds is 8. The van der Waals surface area contributed by atoms with Gasteiger partial charge < -0.3 is 29.5 Å². The molecular formula is C33H39N5O5. The molecule has 0 aromatic heterocycles. The van der Waals surface area contributed by atoms with Gasteiger partial charge in [0.05, 0.1) is 24.9 Å². The Balaban J connectivity index is 1.27. The molecule has 0 spiro atoms. The van der Waals surface area contributed by atoms with Crippen LogP contribution >= 0.6 is 0 Å². The standard InChI is InChI=1S/C33H39N5O5/c1-42-28-11-8-25(9-12-28)22-31(39)37-20-18-36(19-21-37)30-13-10-27(32(40)38-16-5-14-34-15-17-38)23-29(30)35-33(41)43-24-26-6-3-2-4-7-26/h2-4,6-13,23,34H,5,14-22,24H2,1H3,(H,35,41). The highest BCUT2D eigenvalue weighted by Gasteiger charge is 2.25. The predicted molar refractivity (Wildman–Crippen MR) is 166 cm³/mol. The molecule has 0 aliphatic carbocycles. The first-order valence-corrected chi connectivity index (χ1v) is 14.8. The lowest BCUT2D eigenvalue weighted by atomic mass is 10.1. The Labute approximate surface area is 252 Å². The van der Waals surface area contributed by atoms with Gasteiger partial charge in [-0.3, -0.25) is 14.9 Å². The zero-order valence-corrected chi connectivity index (χ0v) is 24.6. The van der Waals surface area contributed by atoms with Crippen LogP contribution in [-0.4, -0.2) is 87.2 Å². The number of amides is 3. The first-order valence-electron chi connectivity index (χ1n) is 14.8. The number of nitrogens with zero attached hydrogens (tertiary/aromatic N) is 3. The average molecular weight is 586 g/mol. The van der Waals surface area contributed by atoms with Crippen LogP contribution in [0.5, 0.6) is 5.75 Å². The number of carbonyl (C=O) groups excluding carboxylic acids is 3. The first kappa shape index (κ1) is 29.9. The summed E-state index contributed by atoms with van der Waals surface area (Å²) in [4.78, 5) is 45.1. The molecule has 226 valence electrons. The van der Waals surface area contributed by atoms with Gasteiger partial charge in [0.1, 0.15) is 12.4 Å². The van der Waals surface area contributed by atoms with E-state index in [-0.39, 0.29) is 18.4 Å². The molecule has 2 fully saturated rings. The van der Waals surface area contributed by atoms with E-state index >= 15 is 0 Å². The third kappa shape index (κ3) is 8.04. The second-order valence-corrected chi connectivity index (χ2v) is 10.7. The van der Waals surface area contributed by atoms with Gasteiger partial charge in [0.2, 0.25) is 5.91 Å². The summed E-state index contributed by atoms with van der Waals surface area (Å²) in [6.07, 6.45) is 0.622. The molecule has 3 amide bonds.